The summed E-state index contributed by atoms with van der Waals surface area (Å²) in [7, 11) is -1.57. The number of ether oxygens (including phenoxy) is 2. The number of morpholine rings is 2. The topological polar surface area (TPSA) is 31.4 Å². The molecule has 4 aliphatic rings. The van der Waals surface area contributed by atoms with Crippen molar-refractivity contribution < 1.29 is 9.47 Å². The average Bonchev–Trinajstić information content (AvgIpc) is 3.32. The van der Waals surface area contributed by atoms with E-state index in [1.807, 2.05) is 0 Å². The van der Waals surface area contributed by atoms with Crippen LogP contribution in [0.4, 0.5) is 0 Å². The van der Waals surface area contributed by atoms with Crippen LogP contribution >= 0.6 is 7.87 Å². The predicted octanol–water partition coefficient (Wildman–Crippen LogP) is 1.52. The third-order valence-electron chi connectivity index (χ3n) is 5.66. The van der Waals surface area contributed by atoms with Gasteiger partial charge in [0.15, 0.2) is 0 Å². The Morgan fingerprint density at radius 2 is 0.739 bits per heavy atom. The van der Waals surface area contributed by atoms with E-state index in [0.717, 1.165) is 52.6 Å². The van der Waals surface area contributed by atoms with Gasteiger partial charge in [-0.25, -0.2) is 0 Å². The summed E-state index contributed by atoms with van der Waals surface area (Å²) in [6, 6.07) is 0. The molecule has 4 saturated heterocycles. The van der Waals surface area contributed by atoms with Crippen LogP contribution in [0, 0.1) is 0 Å². The molecule has 0 aromatic carbocycles. The molecule has 7 heteroatoms. The van der Waals surface area contributed by atoms with Gasteiger partial charge in [-0.3, -0.25) is 0 Å². The molecule has 0 atom stereocenters. The zero-order chi connectivity index (χ0) is 15.5. The molecule has 0 aliphatic carbocycles. The summed E-state index contributed by atoms with van der Waals surface area (Å²) in [5.74, 6) is 0. The van der Waals surface area contributed by atoms with Crippen LogP contribution in [0.1, 0.15) is 25.7 Å². The Morgan fingerprint density at radius 3 is 1.09 bits per heavy atom. The fourth-order valence-corrected chi connectivity index (χ4v) is 9.84. The Balaban J connectivity index is 1.70. The molecule has 132 valence electrons. The number of nitrogens with zero attached hydrogens (tertiary/aromatic N) is 4. The summed E-state index contributed by atoms with van der Waals surface area (Å²) in [4.78, 5) is 0. The molecular weight excluding hydrogens is 311 g/mol. The minimum absolute atomic E-state index is 0.897. The average molecular weight is 343 g/mol. The highest BCUT2D eigenvalue weighted by atomic mass is 31.2. The normalized spacial score (nSPS) is 30.3. The fourth-order valence-electron chi connectivity index (χ4n) is 4.65. The summed E-state index contributed by atoms with van der Waals surface area (Å²) in [6.45, 7) is 13.1. The lowest BCUT2D eigenvalue weighted by Gasteiger charge is -2.51. The number of hydrogen-bond donors (Lipinski definition) is 0. The standard InChI is InChI=1S/C16H32N4O2P/c1-2-6-17(5-1)23(18-7-3-4-8-18,19-9-13-21-14-10-19)20-11-15-22-16-12-20/h1-16H2/q+1. The van der Waals surface area contributed by atoms with Crippen LogP contribution in [0.3, 0.4) is 0 Å². The summed E-state index contributed by atoms with van der Waals surface area (Å²) in [6.07, 6.45) is 5.46. The quantitative estimate of drug-likeness (QED) is 0.720. The van der Waals surface area contributed by atoms with Gasteiger partial charge in [-0.2, -0.15) is 0 Å². The van der Waals surface area contributed by atoms with E-state index in [1.54, 1.807) is 0 Å². The van der Waals surface area contributed by atoms with Crippen molar-refractivity contribution in [1.82, 2.24) is 18.7 Å². The van der Waals surface area contributed by atoms with Crippen LogP contribution in [-0.2, 0) is 9.47 Å². The summed E-state index contributed by atoms with van der Waals surface area (Å²) in [5.41, 5.74) is 0. The Labute approximate surface area is 141 Å². The summed E-state index contributed by atoms with van der Waals surface area (Å²) in [5, 5.41) is 0. The van der Waals surface area contributed by atoms with Crippen LogP contribution in [0.5, 0.6) is 0 Å². The first kappa shape index (κ1) is 16.6. The lowest BCUT2D eigenvalue weighted by molar-refractivity contribution is 0.0434. The van der Waals surface area contributed by atoms with Crippen molar-refractivity contribution in [2.24, 2.45) is 0 Å². The van der Waals surface area contributed by atoms with Crippen LogP contribution < -0.4 is 0 Å². The first-order valence-corrected chi connectivity index (χ1v) is 11.1. The van der Waals surface area contributed by atoms with E-state index in [1.165, 1.54) is 51.9 Å². The van der Waals surface area contributed by atoms with Gasteiger partial charge in [-0.05, 0) is 25.7 Å². The van der Waals surface area contributed by atoms with Crippen molar-refractivity contribution in [2.75, 3.05) is 78.8 Å². The minimum atomic E-state index is -1.57. The first-order valence-electron chi connectivity index (χ1n) is 9.48. The molecule has 6 nitrogen and oxygen atoms in total. The zero-order valence-corrected chi connectivity index (χ0v) is 15.3. The highest BCUT2D eigenvalue weighted by Crippen LogP contribution is 2.71. The van der Waals surface area contributed by atoms with Crippen molar-refractivity contribution >= 4 is 7.87 Å². The second-order valence-electron chi connectivity index (χ2n) is 6.99. The van der Waals surface area contributed by atoms with E-state index in [2.05, 4.69) is 18.7 Å². The molecule has 0 spiro atoms. The van der Waals surface area contributed by atoms with E-state index in [9.17, 15) is 0 Å². The number of rotatable bonds is 4. The lowest BCUT2D eigenvalue weighted by atomic mass is 10.4. The summed E-state index contributed by atoms with van der Waals surface area (Å²) < 4.78 is 22.8. The maximum Gasteiger partial charge on any atom is 0.308 e. The molecule has 23 heavy (non-hydrogen) atoms. The minimum Gasteiger partial charge on any atom is -0.378 e. The molecule has 0 radical (unpaired) electrons. The van der Waals surface area contributed by atoms with Gasteiger partial charge >= 0.3 is 7.87 Å². The van der Waals surface area contributed by atoms with Crippen molar-refractivity contribution in [3.63, 3.8) is 0 Å². The third kappa shape index (κ3) is 3.08. The molecule has 0 aromatic rings. The van der Waals surface area contributed by atoms with Gasteiger partial charge < -0.3 is 9.47 Å². The molecule has 0 aromatic heterocycles. The monoisotopic (exact) mass is 343 g/mol. The smallest absolute Gasteiger partial charge is 0.308 e. The van der Waals surface area contributed by atoms with Gasteiger partial charge in [-0.15, -0.1) is 18.7 Å². The zero-order valence-electron chi connectivity index (χ0n) is 14.4. The van der Waals surface area contributed by atoms with Gasteiger partial charge in [0.1, 0.15) is 0 Å². The van der Waals surface area contributed by atoms with Gasteiger partial charge in [0.2, 0.25) is 0 Å². The molecular formula is C16H32N4O2P+. The van der Waals surface area contributed by atoms with Crippen LogP contribution in [0.15, 0.2) is 0 Å². The van der Waals surface area contributed by atoms with E-state index in [-0.39, 0.29) is 0 Å². The molecule has 0 bridgehead atoms. The molecule has 4 aliphatic heterocycles. The highest BCUT2D eigenvalue weighted by molar-refractivity contribution is 7.66. The maximum absolute atomic E-state index is 5.70. The predicted molar refractivity (Wildman–Crippen MR) is 93.3 cm³/mol. The summed E-state index contributed by atoms with van der Waals surface area (Å²) >= 11 is 0. The molecule has 0 saturated carbocycles. The maximum atomic E-state index is 5.70. The van der Waals surface area contributed by atoms with Gasteiger partial charge in [-0.1, -0.05) is 0 Å². The van der Waals surface area contributed by atoms with Gasteiger partial charge in [0.05, 0.1) is 52.6 Å². The van der Waals surface area contributed by atoms with Crippen molar-refractivity contribution in [3.8, 4) is 0 Å². The number of hydrogen-bond acceptors (Lipinski definition) is 6. The molecule has 4 rings (SSSR count). The Kier molecular flexibility index (Phi) is 5.51. The van der Waals surface area contributed by atoms with E-state index >= 15 is 0 Å². The van der Waals surface area contributed by atoms with Crippen LogP contribution in [0.25, 0.3) is 0 Å². The van der Waals surface area contributed by atoms with Gasteiger partial charge in [0.25, 0.3) is 0 Å². The molecule has 0 amide bonds. The van der Waals surface area contributed by atoms with Crippen molar-refractivity contribution in [1.29, 1.82) is 0 Å². The molecule has 4 fully saturated rings. The SMILES string of the molecule is C1CCN([P+](N2CCCC2)(N2CCOCC2)N2CCOCC2)C1. The highest BCUT2D eigenvalue weighted by Gasteiger charge is 2.62. The Bertz CT molecular complexity index is 340. The van der Waals surface area contributed by atoms with E-state index < -0.39 is 7.87 Å². The first-order chi connectivity index (χ1) is 11.4. The third-order valence-corrected chi connectivity index (χ3v) is 10.3. The Hall–Kier alpha value is 0.190. The molecule has 0 N–H and O–H groups in total. The van der Waals surface area contributed by atoms with Crippen LogP contribution in [0.2, 0.25) is 0 Å². The van der Waals surface area contributed by atoms with E-state index in [0.29, 0.717) is 0 Å². The Morgan fingerprint density at radius 1 is 0.435 bits per heavy atom. The van der Waals surface area contributed by atoms with Gasteiger partial charge in [0, 0.05) is 26.2 Å². The largest absolute Gasteiger partial charge is 0.378 e. The van der Waals surface area contributed by atoms with Crippen molar-refractivity contribution in [3.05, 3.63) is 0 Å². The lowest BCUT2D eigenvalue weighted by Crippen LogP contribution is -2.56. The van der Waals surface area contributed by atoms with Crippen molar-refractivity contribution in [2.45, 2.75) is 25.7 Å². The van der Waals surface area contributed by atoms with E-state index in [4.69, 9.17) is 9.47 Å². The molecule has 0 unspecified atom stereocenters. The molecule has 4 heterocycles. The second kappa shape index (κ2) is 7.61. The second-order valence-corrected chi connectivity index (χ2v) is 10.3. The fraction of sp³-hybridized carbons (Fsp3) is 1.00. The van der Waals surface area contributed by atoms with Crippen LogP contribution in [-0.4, -0.2) is 97.5 Å².